The maximum absolute atomic E-state index is 5.71. The third-order valence-corrected chi connectivity index (χ3v) is 2.84. The quantitative estimate of drug-likeness (QED) is 0.751. The number of nitrogens with zero attached hydrogens (tertiary/aromatic N) is 1. The summed E-state index contributed by atoms with van der Waals surface area (Å²) in [5.41, 5.74) is 2.77. The number of rotatable bonds is 2. The van der Waals surface area contributed by atoms with Crippen molar-refractivity contribution in [1.82, 2.24) is 4.98 Å². The van der Waals surface area contributed by atoms with Crippen LogP contribution >= 0.6 is 0 Å². The van der Waals surface area contributed by atoms with E-state index >= 15 is 0 Å². The van der Waals surface area contributed by atoms with Crippen molar-refractivity contribution in [1.29, 1.82) is 0 Å². The lowest BCUT2D eigenvalue weighted by molar-refractivity contribution is -0.219. The number of hydrogen-bond donors (Lipinski definition) is 0. The predicted molar refractivity (Wildman–Crippen MR) is 67.0 cm³/mol. The Morgan fingerprint density at radius 2 is 2.17 bits per heavy atom. The molecule has 0 fully saturated rings. The zero-order valence-corrected chi connectivity index (χ0v) is 10.9. The van der Waals surface area contributed by atoms with Gasteiger partial charge >= 0.3 is 0 Å². The molecule has 0 bridgehead atoms. The van der Waals surface area contributed by atoms with Gasteiger partial charge in [-0.05, 0) is 20.8 Å². The van der Waals surface area contributed by atoms with Crippen LogP contribution < -0.4 is 4.74 Å². The van der Waals surface area contributed by atoms with Crippen LogP contribution in [0, 0.1) is 19.3 Å². The number of fused-ring (bicyclic) bond motifs is 1. The highest BCUT2D eigenvalue weighted by atomic mass is 16.7. The minimum atomic E-state index is -0.601. The Morgan fingerprint density at radius 1 is 1.44 bits per heavy atom. The van der Waals surface area contributed by atoms with Gasteiger partial charge in [-0.15, -0.1) is 6.42 Å². The molecule has 0 radical (unpaired) electrons. The van der Waals surface area contributed by atoms with E-state index in [1.54, 1.807) is 6.20 Å². The van der Waals surface area contributed by atoms with E-state index in [0.29, 0.717) is 19.0 Å². The van der Waals surface area contributed by atoms with E-state index in [0.717, 1.165) is 16.8 Å². The molecule has 0 saturated carbocycles. The van der Waals surface area contributed by atoms with Crippen LogP contribution in [0.15, 0.2) is 6.20 Å². The molecule has 2 heterocycles. The first kappa shape index (κ1) is 12.9. The van der Waals surface area contributed by atoms with E-state index in [9.17, 15) is 0 Å². The van der Waals surface area contributed by atoms with E-state index < -0.39 is 5.79 Å². The van der Waals surface area contributed by atoms with Crippen molar-refractivity contribution >= 4 is 0 Å². The van der Waals surface area contributed by atoms with Gasteiger partial charge in [-0.3, -0.25) is 4.98 Å². The first-order valence-corrected chi connectivity index (χ1v) is 5.85. The van der Waals surface area contributed by atoms with Crippen molar-refractivity contribution in [3.05, 3.63) is 23.0 Å². The SMILES string of the molecule is C#CCOc1c(C)ncc2c1COC(C)(C)OC2. The molecule has 1 aliphatic rings. The van der Waals surface area contributed by atoms with E-state index in [-0.39, 0.29) is 6.61 Å². The summed E-state index contributed by atoms with van der Waals surface area (Å²) in [6.07, 6.45) is 7.03. The Labute approximate surface area is 107 Å². The zero-order valence-electron chi connectivity index (χ0n) is 10.9. The Bertz CT molecular complexity index is 489. The molecule has 2 rings (SSSR count). The summed E-state index contributed by atoms with van der Waals surface area (Å²) in [6.45, 7) is 6.79. The van der Waals surface area contributed by atoms with E-state index in [1.807, 2.05) is 20.8 Å². The summed E-state index contributed by atoms with van der Waals surface area (Å²) in [4.78, 5) is 4.31. The fourth-order valence-electron chi connectivity index (χ4n) is 1.80. The zero-order chi connectivity index (χ0) is 13.2. The third-order valence-electron chi connectivity index (χ3n) is 2.84. The first-order valence-electron chi connectivity index (χ1n) is 5.85. The number of hydrogen-bond acceptors (Lipinski definition) is 4. The molecule has 1 aromatic heterocycles. The van der Waals surface area contributed by atoms with Crippen molar-refractivity contribution in [2.24, 2.45) is 0 Å². The van der Waals surface area contributed by atoms with Crippen LogP contribution in [-0.2, 0) is 22.7 Å². The van der Waals surface area contributed by atoms with Crippen molar-refractivity contribution < 1.29 is 14.2 Å². The minimum Gasteiger partial charge on any atom is -0.479 e. The van der Waals surface area contributed by atoms with Crippen LogP contribution in [0.3, 0.4) is 0 Å². The van der Waals surface area contributed by atoms with Gasteiger partial charge in [0.1, 0.15) is 12.4 Å². The number of aromatic nitrogens is 1. The average Bonchev–Trinajstić information content (AvgIpc) is 2.48. The van der Waals surface area contributed by atoms with Gasteiger partial charge in [0.05, 0.1) is 18.9 Å². The monoisotopic (exact) mass is 247 g/mol. The molecule has 4 heteroatoms. The summed E-state index contributed by atoms with van der Waals surface area (Å²) >= 11 is 0. The van der Waals surface area contributed by atoms with Crippen molar-refractivity contribution in [3.8, 4) is 18.1 Å². The molecular weight excluding hydrogens is 230 g/mol. The van der Waals surface area contributed by atoms with Gasteiger partial charge in [-0.25, -0.2) is 0 Å². The third kappa shape index (κ3) is 2.63. The molecule has 0 aliphatic carbocycles. The standard InChI is InChI=1S/C14H17NO3/c1-5-6-16-13-10(2)15-7-11-8-17-14(3,4)18-9-12(11)13/h1,7H,6,8-9H2,2-4H3. The summed E-state index contributed by atoms with van der Waals surface area (Å²) < 4.78 is 16.9. The second-order valence-corrected chi connectivity index (χ2v) is 4.65. The van der Waals surface area contributed by atoms with Crippen LogP contribution in [0.1, 0.15) is 30.7 Å². The van der Waals surface area contributed by atoms with Crippen LogP contribution in [0.4, 0.5) is 0 Å². The summed E-state index contributed by atoms with van der Waals surface area (Å²) in [5, 5.41) is 0. The van der Waals surface area contributed by atoms with Gasteiger partial charge in [0.15, 0.2) is 5.79 Å². The van der Waals surface area contributed by atoms with Gasteiger partial charge in [-0.1, -0.05) is 5.92 Å². The van der Waals surface area contributed by atoms with Crippen LogP contribution in [-0.4, -0.2) is 17.4 Å². The lowest BCUT2D eigenvalue weighted by Crippen LogP contribution is -2.25. The Morgan fingerprint density at radius 3 is 2.89 bits per heavy atom. The molecule has 1 aliphatic heterocycles. The molecule has 4 nitrogen and oxygen atoms in total. The molecule has 0 aromatic carbocycles. The Hall–Kier alpha value is -1.57. The highest BCUT2D eigenvalue weighted by molar-refractivity contribution is 5.42. The maximum atomic E-state index is 5.71. The number of pyridine rings is 1. The molecule has 0 saturated heterocycles. The van der Waals surface area contributed by atoms with E-state index in [2.05, 4.69) is 10.9 Å². The molecule has 96 valence electrons. The van der Waals surface area contributed by atoms with Crippen molar-refractivity contribution in [2.45, 2.75) is 39.8 Å². The lowest BCUT2D eigenvalue weighted by Gasteiger charge is -2.22. The van der Waals surface area contributed by atoms with Gasteiger partial charge < -0.3 is 14.2 Å². The largest absolute Gasteiger partial charge is 0.479 e. The highest BCUT2D eigenvalue weighted by Crippen LogP contribution is 2.31. The molecule has 0 spiro atoms. The van der Waals surface area contributed by atoms with Crippen molar-refractivity contribution in [3.63, 3.8) is 0 Å². The topological polar surface area (TPSA) is 40.6 Å². The molecule has 18 heavy (non-hydrogen) atoms. The molecule has 0 amide bonds. The minimum absolute atomic E-state index is 0.225. The van der Waals surface area contributed by atoms with Gasteiger partial charge in [-0.2, -0.15) is 0 Å². The van der Waals surface area contributed by atoms with Gasteiger partial charge in [0.2, 0.25) is 0 Å². The Kier molecular flexibility index (Phi) is 3.55. The molecule has 0 N–H and O–H groups in total. The van der Waals surface area contributed by atoms with Crippen LogP contribution in [0.25, 0.3) is 0 Å². The van der Waals surface area contributed by atoms with Gasteiger partial charge in [0, 0.05) is 17.3 Å². The predicted octanol–water partition coefficient (Wildman–Crippen LogP) is 2.18. The first-order chi connectivity index (χ1) is 8.53. The van der Waals surface area contributed by atoms with Crippen LogP contribution in [0.2, 0.25) is 0 Å². The average molecular weight is 247 g/mol. The number of terminal acetylenes is 1. The van der Waals surface area contributed by atoms with Crippen molar-refractivity contribution in [2.75, 3.05) is 6.61 Å². The molecular formula is C14H17NO3. The van der Waals surface area contributed by atoms with E-state index in [4.69, 9.17) is 20.6 Å². The number of aryl methyl sites for hydroxylation is 1. The summed E-state index contributed by atoms with van der Waals surface area (Å²) in [6, 6.07) is 0. The van der Waals surface area contributed by atoms with E-state index in [1.165, 1.54) is 0 Å². The fourth-order valence-corrected chi connectivity index (χ4v) is 1.80. The Balaban J connectivity index is 2.36. The number of ether oxygens (including phenoxy) is 3. The van der Waals surface area contributed by atoms with Crippen LogP contribution in [0.5, 0.6) is 5.75 Å². The smallest absolute Gasteiger partial charge is 0.163 e. The summed E-state index contributed by atoms with van der Waals surface area (Å²) in [5.74, 6) is 2.57. The maximum Gasteiger partial charge on any atom is 0.163 e. The molecule has 1 aromatic rings. The second-order valence-electron chi connectivity index (χ2n) is 4.65. The molecule has 0 unspecified atom stereocenters. The highest BCUT2D eigenvalue weighted by Gasteiger charge is 2.26. The fraction of sp³-hybridized carbons (Fsp3) is 0.500. The normalized spacial score (nSPS) is 17.4. The van der Waals surface area contributed by atoms with Gasteiger partial charge in [0.25, 0.3) is 0 Å². The summed E-state index contributed by atoms with van der Waals surface area (Å²) in [7, 11) is 0. The second kappa shape index (κ2) is 4.97. The lowest BCUT2D eigenvalue weighted by atomic mass is 10.1. The molecule has 0 atom stereocenters.